The van der Waals surface area contributed by atoms with Gasteiger partial charge in [0.05, 0.1) is 24.7 Å². The quantitative estimate of drug-likeness (QED) is 0.259. The summed E-state index contributed by atoms with van der Waals surface area (Å²) in [4.78, 5) is 9.36. The van der Waals surface area contributed by atoms with Gasteiger partial charge < -0.3 is 15.4 Å². The van der Waals surface area contributed by atoms with E-state index in [1.807, 2.05) is 24.7 Å². The molecule has 0 bridgehead atoms. The van der Waals surface area contributed by atoms with Crippen LogP contribution in [0.2, 0.25) is 0 Å². The molecular formula is C31H35N5O. The summed E-state index contributed by atoms with van der Waals surface area (Å²) in [6.07, 6.45) is 11.6. The van der Waals surface area contributed by atoms with Crippen molar-refractivity contribution in [2.24, 2.45) is 0 Å². The molecule has 0 aliphatic heterocycles. The Morgan fingerprint density at radius 3 is 2.68 bits per heavy atom. The van der Waals surface area contributed by atoms with Gasteiger partial charge in [-0.2, -0.15) is 0 Å². The fourth-order valence-corrected chi connectivity index (χ4v) is 5.34. The maximum Gasteiger partial charge on any atom is 0.180 e. The molecule has 0 amide bonds. The Labute approximate surface area is 219 Å². The van der Waals surface area contributed by atoms with E-state index in [4.69, 9.17) is 9.72 Å². The molecule has 1 aliphatic carbocycles. The van der Waals surface area contributed by atoms with E-state index in [1.165, 1.54) is 36.8 Å². The highest BCUT2D eigenvalue weighted by molar-refractivity contribution is 5.77. The van der Waals surface area contributed by atoms with Crippen LogP contribution in [0.1, 0.15) is 54.9 Å². The monoisotopic (exact) mass is 493 g/mol. The largest absolute Gasteiger partial charge is 0.496 e. The van der Waals surface area contributed by atoms with Crippen molar-refractivity contribution in [2.45, 2.75) is 58.9 Å². The van der Waals surface area contributed by atoms with Crippen LogP contribution in [0.15, 0.2) is 61.2 Å². The van der Waals surface area contributed by atoms with Gasteiger partial charge in [0.2, 0.25) is 0 Å². The van der Waals surface area contributed by atoms with Crippen LogP contribution in [-0.2, 0) is 6.42 Å². The summed E-state index contributed by atoms with van der Waals surface area (Å²) in [5, 5.41) is 7.18. The van der Waals surface area contributed by atoms with Crippen molar-refractivity contribution >= 4 is 22.8 Å². The van der Waals surface area contributed by atoms with E-state index < -0.39 is 0 Å². The van der Waals surface area contributed by atoms with E-state index >= 15 is 0 Å². The predicted molar refractivity (Wildman–Crippen MR) is 151 cm³/mol. The number of imidazole rings is 1. The van der Waals surface area contributed by atoms with Gasteiger partial charge in [0.15, 0.2) is 11.5 Å². The van der Waals surface area contributed by atoms with E-state index in [0.29, 0.717) is 6.04 Å². The molecule has 2 aromatic carbocycles. The van der Waals surface area contributed by atoms with Crippen molar-refractivity contribution in [1.82, 2.24) is 19.7 Å². The van der Waals surface area contributed by atoms with Crippen molar-refractivity contribution in [3.63, 3.8) is 0 Å². The van der Waals surface area contributed by atoms with Gasteiger partial charge in [0.1, 0.15) is 5.75 Å². The summed E-state index contributed by atoms with van der Waals surface area (Å²) in [5.74, 6) is 1.61. The lowest BCUT2D eigenvalue weighted by molar-refractivity contribution is 0.411. The molecule has 2 heterocycles. The Morgan fingerprint density at radius 1 is 1.14 bits per heavy atom. The summed E-state index contributed by atoms with van der Waals surface area (Å²) in [6, 6.07) is 11.1. The number of fused-ring (bicyclic) bond motifs is 1. The highest BCUT2D eigenvalue weighted by atomic mass is 16.5. The Hall–Kier alpha value is -4.02. The van der Waals surface area contributed by atoms with Crippen molar-refractivity contribution in [2.75, 3.05) is 12.4 Å². The van der Waals surface area contributed by atoms with E-state index in [2.05, 4.69) is 77.4 Å². The molecule has 2 N–H and O–H groups in total. The molecule has 1 saturated carbocycles. The maximum absolute atomic E-state index is 5.50. The van der Waals surface area contributed by atoms with E-state index in [1.54, 1.807) is 7.11 Å². The smallest absolute Gasteiger partial charge is 0.180 e. The van der Waals surface area contributed by atoms with Gasteiger partial charge in [-0.3, -0.25) is 4.40 Å². The minimum atomic E-state index is 0.515. The van der Waals surface area contributed by atoms with Crippen LogP contribution in [0, 0.1) is 13.8 Å². The van der Waals surface area contributed by atoms with Gasteiger partial charge in [-0.05, 0) is 80.1 Å². The zero-order valence-electron chi connectivity index (χ0n) is 22.2. The number of rotatable bonds is 8. The number of hydrogen-bond acceptors (Lipinski definition) is 5. The standard InChI is InChI=1S/C31H35N5O/c1-6-22-18-24(12-13-26(22)27(7-2)34-23-10-8-9-11-23)35-30-31-33-19-28(36(31)17-16-32-30)25-14-15-29(37-5)21(4)20(25)3/h12-19,23,34H,2,6,8-11H2,1,3-5H3,(H,32,35). The predicted octanol–water partition coefficient (Wildman–Crippen LogP) is 6.99. The van der Waals surface area contributed by atoms with Gasteiger partial charge >= 0.3 is 0 Å². The number of nitrogens with one attached hydrogen (secondary N) is 2. The van der Waals surface area contributed by atoms with Crippen molar-refractivity contribution in [1.29, 1.82) is 0 Å². The number of benzene rings is 2. The van der Waals surface area contributed by atoms with Gasteiger partial charge in [0, 0.05) is 35.2 Å². The number of aryl methyl sites for hydroxylation is 1. The first-order chi connectivity index (χ1) is 18.0. The molecule has 2 aromatic heterocycles. The lowest BCUT2D eigenvalue weighted by Gasteiger charge is -2.18. The molecule has 0 saturated heterocycles. The Morgan fingerprint density at radius 2 is 1.95 bits per heavy atom. The molecule has 0 spiro atoms. The number of nitrogens with zero attached hydrogens (tertiary/aromatic N) is 3. The van der Waals surface area contributed by atoms with E-state index in [0.717, 1.165) is 57.4 Å². The van der Waals surface area contributed by atoms with Gasteiger partial charge in [-0.15, -0.1) is 5.73 Å². The number of hydrogen-bond donors (Lipinski definition) is 2. The van der Waals surface area contributed by atoms with Crippen LogP contribution in [0.25, 0.3) is 22.6 Å². The molecule has 0 atom stereocenters. The summed E-state index contributed by atoms with van der Waals surface area (Å²) in [6.45, 7) is 10.3. The highest BCUT2D eigenvalue weighted by Crippen LogP contribution is 2.33. The third-order valence-electron chi connectivity index (χ3n) is 7.56. The van der Waals surface area contributed by atoms with E-state index in [-0.39, 0.29) is 0 Å². The fourth-order valence-electron chi connectivity index (χ4n) is 5.34. The van der Waals surface area contributed by atoms with Crippen molar-refractivity contribution in [3.05, 3.63) is 83.5 Å². The molecule has 37 heavy (non-hydrogen) atoms. The third kappa shape index (κ3) is 4.73. The van der Waals surface area contributed by atoms with Gasteiger partial charge in [0.25, 0.3) is 0 Å². The molecule has 6 heteroatoms. The lowest BCUT2D eigenvalue weighted by Crippen LogP contribution is -2.24. The van der Waals surface area contributed by atoms with E-state index in [9.17, 15) is 0 Å². The molecule has 1 aliphatic rings. The summed E-state index contributed by atoms with van der Waals surface area (Å²) in [5.41, 5.74) is 12.8. The fraction of sp³-hybridized carbons (Fsp3) is 0.323. The minimum Gasteiger partial charge on any atom is -0.496 e. The number of methoxy groups -OCH3 is 1. The number of anilines is 2. The SMILES string of the molecule is C=C=C(NC1CCCC1)c1ccc(Nc2nccn3c(-c4ccc(OC)c(C)c4C)cnc23)cc1CC. The summed E-state index contributed by atoms with van der Waals surface area (Å²) < 4.78 is 7.58. The third-order valence-corrected chi connectivity index (χ3v) is 7.56. The zero-order valence-corrected chi connectivity index (χ0v) is 22.2. The average Bonchev–Trinajstić information content (AvgIpc) is 3.59. The van der Waals surface area contributed by atoms with Crippen LogP contribution in [0.4, 0.5) is 11.5 Å². The second kappa shape index (κ2) is 10.5. The normalized spacial score (nSPS) is 13.5. The van der Waals surface area contributed by atoms with Crippen molar-refractivity contribution < 1.29 is 4.74 Å². The molecule has 190 valence electrons. The Balaban J connectivity index is 1.45. The van der Waals surface area contributed by atoms with Crippen LogP contribution in [0.5, 0.6) is 5.75 Å². The topological polar surface area (TPSA) is 63.5 Å². The first-order valence-electron chi connectivity index (χ1n) is 13.1. The van der Waals surface area contributed by atoms with Crippen molar-refractivity contribution in [3.8, 4) is 17.0 Å². The summed E-state index contributed by atoms with van der Waals surface area (Å²) >= 11 is 0. The zero-order chi connectivity index (χ0) is 25.9. The maximum atomic E-state index is 5.50. The Bertz CT molecular complexity index is 1490. The molecular weight excluding hydrogens is 458 g/mol. The highest BCUT2D eigenvalue weighted by Gasteiger charge is 2.18. The summed E-state index contributed by atoms with van der Waals surface area (Å²) in [7, 11) is 1.70. The molecule has 5 rings (SSSR count). The molecule has 0 unspecified atom stereocenters. The Kier molecular flexibility index (Phi) is 7.02. The first-order valence-corrected chi connectivity index (χ1v) is 13.1. The van der Waals surface area contributed by atoms with Crippen LogP contribution < -0.4 is 15.4 Å². The average molecular weight is 494 g/mol. The van der Waals surface area contributed by atoms with Crippen LogP contribution >= 0.6 is 0 Å². The van der Waals surface area contributed by atoms with Gasteiger partial charge in [-0.25, -0.2) is 9.97 Å². The van der Waals surface area contributed by atoms with Gasteiger partial charge in [-0.1, -0.05) is 26.3 Å². The van der Waals surface area contributed by atoms with Crippen LogP contribution in [-0.4, -0.2) is 27.5 Å². The number of ether oxygens (including phenoxy) is 1. The lowest BCUT2D eigenvalue weighted by atomic mass is 10.0. The number of aromatic nitrogens is 3. The van der Waals surface area contributed by atoms with Crippen LogP contribution in [0.3, 0.4) is 0 Å². The second-order valence-corrected chi connectivity index (χ2v) is 9.71. The minimum absolute atomic E-state index is 0.515. The molecule has 6 nitrogen and oxygen atoms in total. The molecule has 0 radical (unpaired) electrons. The second-order valence-electron chi connectivity index (χ2n) is 9.71. The first kappa shape index (κ1) is 24.7. The molecule has 4 aromatic rings. The molecule has 1 fully saturated rings.